The van der Waals surface area contributed by atoms with E-state index in [2.05, 4.69) is 4.98 Å². The van der Waals surface area contributed by atoms with Crippen molar-refractivity contribution in [1.29, 1.82) is 5.26 Å². The molecule has 0 radical (unpaired) electrons. The summed E-state index contributed by atoms with van der Waals surface area (Å²) in [6.45, 7) is 1.85. The molecule has 1 aromatic carbocycles. The van der Waals surface area contributed by atoms with Gasteiger partial charge in [0.2, 0.25) is 5.88 Å². The number of nitrogens with zero attached hydrogens (tertiary/aromatic N) is 5. The number of fused-ring (bicyclic) bond motifs is 5. The Bertz CT molecular complexity index is 1350. The number of halogens is 2. The van der Waals surface area contributed by atoms with Crippen molar-refractivity contribution in [2.75, 3.05) is 6.54 Å². The summed E-state index contributed by atoms with van der Waals surface area (Å²) in [5.74, 6) is -2.62. The van der Waals surface area contributed by atoms with Gasteiger partial charge in [-0.05, 0) is 37.1 Å². The van der Waals surface area contributed by atoms with E-state index < -0.39 is 29.3 Å². The number of carbonyl (C=O) groups excluding carboxylic acids is 1. The molecule has 8 nitrogen and oxygen atoms in total. The summed E-state index contributed by atoms with van der Waals surface area (Å²) in [6.07, 6.45) is 1.75. The fourth-order valence-corrected chi connectivity index (χ4v) is 4.55. The van der Waals surface area contributed by atoms with E-state index in [1.54, 1.807) is 13.0 Å². The molecule has 1 fully saturated rings. The summed E-state index contributed by atoms with van der Waals surface area (Å²) >= 11 is 0. The number of benzene rings is 1. The van der Waals surface area contributed by atoms with Crippen molar-refractivity contribution in [3.63, 3.8) is 0 Å². The zero-order chi connectivity index (χ0) is 22.0. The van der Waals surface area contributed by atoms with E-state index in [-0.39, 0.29) is 35.4 Å². The lowest BCUT2D eigenvalue weighted by molar-refractivity contribution is 0.0710. The van der Waals surface area contributed by atoms with Gasteiger partial charge in [0.15, 0.2) is 0 Å². The lowest BCUT2D eigenvalue weighted by atomic mass is 10.1. The number of likely N-dealkylation sites (tertiary alicyclic amines) is 1. The Labute approximate surface area is 174 Å². The van der Waals surface area contributed by atoms with Crippen LogP contribution < -0.4 is 5.69 Å². The molecular formula is C21H15F2N5O3. The third kappa shape index (κ3) is 2.66. The van der Waals surface area contributed by atoms with E-state index in [0.717, 1.165) is 16.7 Å². The number of aromatic nitrogens is 3. The van der Waals surface area contributed by atoms with Crippen molar-refractivity contribution in [1.82, 2.24) is 19.0 Å². The van der Waals surface area contributed by atoms with Gasteiger partial charge < -0.3 is 10.0 Å². The number of nitriles is 1. The normalized spacial score (nSPS) is 18.8. The van der Waals surface area contributed by atoms with Gasteiger partial charge in [0.25, 0.3) is 5.91 Å². The largest absolute Gasteiger partial charge is 0.493 e. The maximum absolute atomic E-state index is 13.6. The van der Waals surface area contributed by atoms with Gasteiger partial charge in [-0.1, -0.05) is 0 Å². The molecule has 0 spiro atoms. The fraction of sp³-hybridized carbons (Fsp3) is 0.238. The molecule has 2 aliphatic heterocycles. The monoisotopic (exact) mass is 423 g/mol. The topological polar surface area (TPSA) is 104 Å². The first-order valence-corrected chi connectivity index (χ1v) is 9.50. The molecule has 31 heavy (non-hydrogen) atoms. The van der Waals surface area contributed by atoms with Crippen LogP contribution in [0, 0.1) is 29.9 Å². The summed E-state index contributed by atoms with van der Waals surface area (Å²) in [5.41, 5.74) is 0.714. The molecule has 2 atom stereocenters. The van der Waals surface area contributed by atoms with Gasteiger partial charge in [-0.15, -0.1) is 0 Å². The van der Waals surface area contributed by atoms with E-state index in [1.807, 2.05) is 6.07 Å². The van der Waals surface area contributed by atoms with Gasteiger partial charge in [0.1, 0.15) is 29.1 Å². The maximum atomic E-state index is 13.6. The SMILES string of the molecule is Cc1cc(-n2c(O)c3n(c2=O)[C@@H]2CC3N(C(=O)c3cc(F)cc(F)c3)C2)cnc1C#N. The van der Waals surface area contributed by atoms with Crippen molar-refractivity contribution >= 4 is 5.91 Å². The minimum absolute atomic E-state index is 0.134. The van der Waals surface area contributed by atoms with Crippen LogP contribution in [0.5, 0.6) is 5.88 Å². The maximum Gasteiger partial charge on any atom is 0.336 e. The highest BCUT2D eigenvalue weighted by atomic mass is 19.1. The molecule has 4 heterocycles. The zero-order valence-electron chi connectivity index (χ0n) is 16.2. The summed E-state index contributed by atoms with van der Waals surface area (Å²) in [7, 11) is 0. The Hall–Kier alpha value is -4.00. The molecule has 1 N–H and O–H groups in total. The van der Waals surface area contributed by atoms with Crippen LogP contribution in [0.1, 0.15) is 45.8 Å². The zero-order valence-corrected chi connectivity index (χ0v) is 16.2. The number of imidazole rings is 1. The molecule has 2 bridgehead atoms. The third-order valence-corrected chi connectivity index (χ3v) is 5.86. The van der Waals surface area contributed by atoms with Crippen molar-refractivity contribution in [3.8, 4) is 17.6 Å². The van der Waals surface area contributed by atoms with Gasteiger partial charge >= 0.3 is 5.69 Å². The van der Waals surface area contributed by atoms with Gasteiger partial charge in [-0.3, -0.25) is 9.36 Å². The molecule has 3 aromatic rings. The molecule has 0 aliphatic carbocycles. The second-order valence-corrected chi connectivity index (χ2v) is 7.69. The average molecular weight is 423 g/mol. The number of amides is 1. The van der Waals surface area contributed by atoms with Gasteiger partial charge in [-0.2, -0.15) is 5.26 Å². The molecule has 2 aromatic heterocycles. The minimum Gasteiger partial charge on any atom is -0.493 e. The first-order chi connectivity index (χ1) is 14.8. The first-order valence-electron chi connectivity index (χ1n) is 9.50. The first kappa shape index (κ1) is 19.0. The van der Waals surface area contributed by atoms with Crippen molar-refractivity contribution in [2.24, 2.45) is 0 Å². The van der Waals surface area contributed by atoms with Gasteiger partial charge in [0.05, 0.1) is 24.0 Å². The summed E-state index contributed by atoms with van der Waals surface area (Å²) in [6, 6.07) is 5.15. The number of rotatable bonds is 2. The predicted molar refractivity (Wildman–Crippen MR) is 103 cm³/mol. The minimum atomic E-state index is -0.859. The highest BCUT2D eigenvalue weighted by Crippen LogP contribution is 2.49. The number of carbonyl (C=O) groups is 1. The van der Waals surface area contributed by atoms with Crippen LogP contribution in [0.3, 0.4) is 0 Å². The van der Waals surface area contributed by atoms with Crippen LogP contribution in [0.2, 0.25) is 0 Å². The standard InChI is InChI=1S/C21H15F2N5O3/c1-10-2-14(8-25-16(10)7-24)28-20(30)18-17-6-15(27(18)21(28)31)9-26(17)19(29)11-3-12(22)5-13(23)4-11/h2-5,8,15,17,30H,6,9H2,1H3/t15-,17?/m1/s1. The second-order valence-electron chi connectivity index (χ2n) is 7.69. The van der Waals surface area contributed by atoms with E-state index in [9.17, 15) is 23.5 Å². The summed E-state index contributed by atoms with van der Waals surface area (Å²) < 4.78 is 29.7. The highest BCUT2D eigenvalue weighted by molar-refractivity contribution is 5.95. The molecule has 1 saturated heterocycles. The quantitative estimate of drug-likeness (QED) is 0.681. The number of hydrogen-bond donors (Lipinski definition) is 1. The smallest absolute Gasteiger partial charge is 0.336 e. The van der Waals surface area contributed by atoms with Crippen LogP contribution in [-0.4, -0.2) is 36.6 Å². The Kier molecular flexibility index (Phi) is 3.98. The summed E-state index contributed by atoms with van der Waals surface area (Å²) in [4.78, 5) is 31.4. The molecule has 10 heteroatoms. The second kappa shape index (κ2) is 6.50. The lowest BCUT2D eigenvalue weighted by Crippen LogP contribution is -2.37. The van der Waals surface area contributed by atoms with Crippen LogP contribution in [0.4, 0.5) is 8.78 Å². The number of aryl methyl sites for hydroxylation is 1. The number of pyridine rings is 1. The predicted octanol–water partition coefficient (Wildman–Crippen LogP) is 2.34. The van der Waals surface area contributed by atoms with E-state index in [4.69, 9.17) is 5.26 Å². The van der Waals surface area contributed by atoms with Crippen LogP contribution >= 0.6 is 0 Å². The van der Waals surface area contributed by atoms with E-state index in [1.165, 1.54) is 15.7 Å². The van der Waals surface area contributed by atoms with Gasteiger partial charge in [-0.25, -0.2) is 23.1 Å². The number of aromatic hydroxyl groups is 1. The van der Waals surface area contributed by atoms with Crippen molar-refractivity contribution < 1.29 is 18.7 Å². The Morgan fingerprint density at radius 3 is 2.61 bits per heavy atom. The number of hydrogen-bond acceptors (Lipinski definition) is 5. The molecule has 1 unspecified atom stereocenters. The highest BCUT2D eigenvalue weighted by Gasteiger charge is 2.49. The van der Waals surface area contributed by atoms with Gasteiger partial charge in [0, 0.05) is 18.2 Å². The average Bonchev–Trinajstić information content (AvgIpc) is 3.38. The van der Waals surface area contributed by atoms with Crippen molar-refractivity contribution in [2.45, 2.75) is 25.4 Å². The Morgan fingerprint density at radius 1 is 1.26 bits per heavy atom. The molecule has 0 saturated carbocycles. The molecule has 156 valence electrons. The van der Waals surface area contributed by atoms with Crippen LogP contribution in [0.25, 0.3) is 5.69 Å². The lowest BCUT2D eigenvalue weighted by Gasteiger charge is -2.27. The third-order valence-electron chi connectivity index (χ3n) is 5.86. The summed E-state index contributed by atoms with van der Waals surface area (Å²) in [5, 5.41) is 19.9. The van der Waals surface area contributed by atoms with Crippen LogP contribution in [0.15, 0.2) is 35.3 Å². The Morgan fingerprint density at radius 2 is 1.97 bits per heavy atom. The van der Waals surface area contributed by atoms with E-state index in [0.29, 0.717) is 23.7 Å². The molecule has 2 aliphatic rings. The van der Waals surface area contributed by atoms with Crippen LogP contribution in [-0.2, 0) is 0 Å². The molecule has 5 rings (SSSR count). The molecular weight excluding hydrogens is 408 g/mol. The Balaban J connectivity index is 1.57. The van der Waals surface area contributed by atoms with Crippen molar-refractivity contribution in [3.05, 3.63) is 75.1 Å². The molecule has 1 amide bonds. The fourth-order valence-electron chi connectivity index (χ4n) is 4.55. The van der Waals surface area contributed by atoms with E-state index >= 15 is 0 Å².